The second-order valence-corrected chi connectivity index (χ2v) is 13.2. The minimum Gasteiger partial charge on any atom is -0.454 e. The molecule has 0 spiro atoms. The Labute approximate surface area is 275 Å². The Bertz CT molecular complexity index is 2810. The maximum atomic E-state index is 6.59. The first kappa shape index (κ1) is 26.3. The number of furan rings is 1. The van der Waals surface area contributed by atoms with E-state index < -0.39 is 0 Å². The third kappa shape index (κ3) is 4.17. The van der Waals surface area contributed by atoms with Crippen molar-refractivity contribution < 1.29 is 4.42 Å². The molecule has 0 radical (unpaired) electrons. The second kappa shape index (κ2) is 10.3. The Morgan fingerprint density at radius 3 is 1.96 bits per heavy atom. The third-order valence-electron chi connectivity index (χ3n) is 9.45. The van der Waals surface area contributed by atoms with Gasteiger partial charge in [0.15, 0.2) is 5.58 Å². The van der Waals surface area contributed by atoms with Gasteiger partial charge in [-0.2, -0.15) is 0 Å². The fourth-order valence-corrected chi connectivity index (χ4v) is 8.26. The molecule has 2 aromatic heterocycles. The molecule has 0 aliphatic carbocycles. The van der Waals surface area contributed by atoms with Crippen LogP contribution in [0.5, 0.6) is 0 Å². The predicted octanol–water partition coefficient (Wildman–Crippen LogP) is 13.4. The van der Waals surface area contributed by atoms with Gasteiger partial charge in [-0.05, 0) is 87.3 Å². The van der Waals surface area contributed by atoms with E-state index in [4.69, 9.17) is 4.42 Å². The molecule has 0 atom stereocenters. The first-order valence-electron chi connectivity index (χ1n) is 15.9. The zero-order valence-electron chi connectivity index (χ0n) is 25.4. The largest absolute Gasteiger partial charge is 0.454 e. The molecule has 0 fully saturated rings. The van der Waals surface area contributed by atoms with Crippen LogP contribution in [0.15, 0.2) is 168 Å². The van der Waals surface area contributed by atoms with Gasteiger partial charge in [0.25, 0.3) is 0 Å². The normalized spacial score (nSPS) is 11.8. The minimum absolute atomic E-state index is 0.880. The van der Waals surface area contributed by atoms with E-state index >= 15 is 0 Å². The van der Waals surface area contributed by atoms with Crippen molar-refractivity contribution in [2.45, 2.75) is 0 Å². The molecule has 0 aliphatic heterocycles. The number of benzene rings is 8. The van der Waals surface area contributed by atoms with Crippen LogP contribution >= 0.6 is 11.3 Å². The van der Waals surface area contributed by atoms with Crippen LogP contribution in [-0.2, 0) is 0 Å². The standard InChI is InChI=1S/C44H27NOS/c1-2-9-34-29(8-1)16-17-30-20-24-33(27-38(30)34)45(40-13-7-12-37-35-10-3-5-14-41(35)46-44(37)40)32-22-18-28(19-23-32)31-21-25-43-39(26-31)36-11-4-6-15-42(36)47-43/h1-27H. The van der Waals surface area contributed by atoms with Crippen LogP contribution in [0.25, 0.3) is 74.8 Å². The summed E-state index contributed by atoms with van der Waals surface area (Å²) in [5.74, 6) is 0. The molecule has 0 amide bonds. The molecular formula is C44H27NOS. The van der Waals surface area contributed by atoms with Crippen molar-refractivity contribution in [2.75, 3.05) is 4.90 Å². The Balaban J connectivity index is 1.16. The highest BCUT2D eigenvalue weighted by Gasteiger charge is 2.20. The van der Waals surface area contributed by atoms with Gasteiger partial charge in [0, 0.05) is 42.3 Å². The summed E-state index contributed by atoms with van der Waals surface area (Å²) in [4.78, 5) is 2.34. The number of rotatable bonds is 4. The summed E-state index contributed by atoms with van der Waals surface area (Å²) < 4.78 is 9.23. The maximum Gasteiger partial charge on any atom is 0.159 e. The summed E-state index contributed by atoms with van der Waals surface area (Å²) in [5, 5.41) is 9.82. The summed E-state index contributed by atoms with van der Waals surface area (Å²) in [6, 6.07) is 59.1. The van der Waals surface area contributed by atoms with Crippen LogP contribution in [0.3, 0.4) is 0 Å². The summed E-state index contributed by atoms with van der Waals surface area (Å²) in [5.41, 5.74) is 7.35. The van der Waals surface area contributed by atoms with E-state index in [9.17, 15) is 0 Å². The molecule has 3 heteroatoms. The number of anilines is 3. The monoisotopic (exact) mass is 617 g/mol. The van der Waals surface area contributed by atoms with Crippen molar-refractivity contribution in [1.29, 1.82) is 0 Å². The third-order valence-corrected chi connectivity index (χ3v) is 10.6. The summed E-state index contributed by atoms with van der Waals surface area (Å²) in [6.45, 7) is 0. The molecule has 0 unspecified atom stereocenters. The second-order valence-electron chi connectivity index (χ2n) is 12.1. The van der Waals surface area contributed by atoms with Crippen molar-refractivity contribution in [1.82, 2.24) is 0 Å². The number of hydrogen-bond acceptors (Lipinski definition) is 3. The average Bonchev–Trinajstić information content (AvgIpc) is 3.71. The van der Waals surface area contributed by atoms with Crippen molar-refractivity contribution in [2.24, 2.45) is 0 Å². The number of thiophene rings is 1. The first-order valence-corrected chi connectivity index (χ1v) is 16.7. The molecule has 0 aliphatic rings. The van der Waals surface area contributed by atoms with Gasteiger partial charge in [0.2, 0.25) is 0 Å². The van der Waals surface area contributed by atoms with Crippen LogP contribution in [0.4, 0.5) is 17.1 Å². The van der Waals surface area contributed by atoms with Gasteiger partial charge in [-0.1, -0.05) is 109 Å². The highest BCUT2D eigenvalue weighted by Crippen LogP contribution is 2.44. The summed E-state index contributed by atoms with van der Waals surface area (Å²) in [7, 11) is 0. The van der Waals surface area contributed by atoms with Crippen molar-refractivity contribution >= 4 is 92.1 Å². The lowest BCUT2D eigenvalue weighted by molar-refractivity contribution is 0.669. The van der Waals surface area contributed by atoms with Crippen molar-refractivity contribution in [3.8, 4) is 11.1 Å². The number of nitrogens with zero attached hydrogens (tertiary/aromatic N) is 1. The predicted molar refractivity (Wildman–Crippen MR) is 202 cm³/mol. The van der Waals surface area contributed by atoms with Crippen LogP contribution in [0, 0.1) is 0 Å². The Morgan fingerprint density at radius 2 is 1.06 bits per heavy atom. The van der Waals surface area contributed by atoms with Crippen LogP contribution in [0.2, 0.25) is 0 Å². The summed E-state index contributed by atoms with van der Waals surface area (Å²) in [6.07, 6.45) is 0. The van der Waals surface area contributed by atoms with E-state index in [0.29, 0.717) is 0 Å². The maximum absolute atomic E-state index is 6.59. The number of hydrogen-bond donors (Lipinski definition) is 0. The molecule has 0 saturated carbocycles. The van der Waals surface area contributed by atoms with Gasteiger partial charge in [-0.25, -0.2) is 0 Å². The van der Waals surface area contributed by atoms with E-state index in [-0.39, 0.29) is 0 Å². The van der Waals surface area contributed by atoms with Crippen LogP contribution < -0.4 is 4.90 Å². The Kier molecular flexibility index (Phi) is 5.78. The molecule has 2 heterocycles. The summed E-state index contributed by atoms with van der Waals surface area (Å²) >= 11 is 1.86. The fourth-order valence-electron chi connectivity index (χ4n) is 7.17. The molecular weight excluding hydrogens is 591 g/mol. The smallest absolute Gasteiger partial charge is 0.159 e. The zero-order valence-corrected chi connectivity index (χ0v) is 26.2. The molecule has 10 aromatic rings. The van der Waals surface area contributed by atoms with E-state index in [1.54, 1.807) is 0 Å². The molecule has 0 saturated heterocycles. The quantitative estimate of drug-likeness (QED) is 0.183. The zero-order chi connectivity index (χ0) is 30.9. The minimum atomic E-state index is 0.880. The number of para-hydroxylation sites is 2. The molecule has 0 bridgehead atoms. The van der Waals surface area contributed by atoms with Crippen molar-refractivity contribution in [3.63, 3.8) is 0 Å². The lowest BCUT2D eigenvalue weighted by Gasteiger charge is -2.26. The lowest BCUT2D eigenvalue weighted by atomic mass is 10.00. The van der Waals surface area contributed by atoms with Gasteiger partial charge in [0.1, 0.15) is 5.58 Å². The highest BCUT2D eigenvalue weighted by molar-refractivity contribution is 7.25. The van der Waals surface area contributed by atoms with Gasteiger partial charge in [-0.15, -0.1) is 11.3 Å². The molecule has 47 heavy (non-hydrogen) atoms. The highest BCUT2D eigenvalue weighted by atomic mass is 32.1. The van der Waals surface area contributed by atoms with E-state index in [2.05, 4.69) is 157 Å². The van der Waals surface area contributed by atoms with Gasteiger partial charge >= 0.3 is 0 Å². The van der Waals surface area contributed by atoms with E-state index in [0.717, 1.165) is 39.0 Å². The molecule has 0 N–H and O–H groups in total. The van der Waals surface area contributed by atoms with Crippen LogP contribution in [-0.4, -0.2) is 0 Å². The SMILES string of the molecule is c1ccc2c(c1)ccc1ccc(N(c3ccc(-c4ccc5sc6ccccc6c5c4)cc3)c3cccc4c3oc3ccccc34)cc12. The molecule has 2 nitrogen and oxygen atoms in total. The van der Waals surface area contributed by atoms with Gasteiger partial charge in [0.05, 0.1) is 5.69 Å². The molecule has 10 rings (SSSR count). The first-order chi connectivity index (χ1) is 23.3. The Morgan fingerprint density at radius 1 is 0.404 bits per heavy atom. The topological polar surface area (TPSA) is 16.4 Å². The number of fused-ring (bicyclic) bond motifs is 9. The average molecular weight is 618 g/mol. The fraction of sp³-hybridized carbons (Fsp3) is 0. The van der Waals surface area contributed by atoms with E-state index in [1.165, 1.54) is 52.8 Å². The van der Waals surface area contributed by atoms with Gasteiger partial charge < -0.3 is 9.32 Å². The Hall–Kier alpha value is -5.90. The molecule has 8 aromatic carbocycles. The van der Waals surface area contributed by atoms with Crippen molar-refractivity contribution in [3.05, 3.63) is 164 Å². The molecule has 220 valence electrons. The van der Waals surface area contributed by atoms with Gasteiger partial charge in [-0.3, -0.25) is 0 Å². The van der Waals surface area contributed by atoms with Crippen LogP contribution in [0.1, 0.15) is 0 Å². The van der Waals surface area contributed by atoms with E-state index in [1.807, 2.05) is 23.5 Å². The lowest BCUT2D eigenvalue weighted by Crippen LogP contribution is -2.10.